The van der Waals surface area contributed by atoms with Gasteiger partial charge in [0.2, 0.25) is 0 Å². The Balaban J connectivity index is 1.66. The van der Waals surface area contributed by atoms with Crippen molar-refractivity contribution in [1.82, 2.24) is 10.3 Å². The molecule has 0 bridgehead atoms. The fourth-order valence-electron chi connectivity index (χ4n) is 2.22. The van der Waals surface area contributed by atoms with E-state index in [4.69, 9.17) is 11.6 Å². The number of aromatic nitrogens is 1. The Morgan fingerprint density at radius 1 is 1.15 bits per heavy atom. The van der Waals surface area contributed by atoms with Crippen molar-refractivity contribution in [3.8, 4) is 0 Å². The van der Waals surface area contributed by atoms with Crippen LogP contribution in [0.25, 0.3) is 0 Å². The van der Waals surface area contributed by atoms with Gasteiger partial charge in [-0.05, 0) is 30.7 Å². The summed E-state index contributed by atoms with van der Waals surface area (Å²) in [6.07, 6.45) is 0. The van der Waals surface area contributed by atoms with Crippen molar-refractivity contribution in [3.63, 3.8) is 0 Å². The lowest BCUT2D eigenvalue weighted by molar-refractivity contribution is 0.0946. The fourth-order valence-corrected chi connectivity index (χ4v) is 4.37. The number of carbonyl (C=O) groups excluding carboxylic acids is 1. The highest BCUT2D eigenvalue weighted by Crippen LogP contribution is 2.21. The van der Waals surface area contributed by atoms with E-state index in [1.807, 2.05) is 19.1 Å². The lowest BCUT2D eigenvalue weighted by Gasteiger charge is -2.06. The number of amides is 1. The molecule has 3 aromatic rings. The van der Waals surface area contributed by atoms with Crippen molar-refractivity contribution < 1.29 is 13.2 Å². The number of carbonyl (C=O) groups is 1. The highest BCUT2D eigenvalue weighted by molar-refractivity contribution is 7.93. The first-order valence-corrected chi connectivity index (χ1v) is 10.7. The van der Waals surface area contributed by atoms with Gasteiger partial charge in [-0.2, -0.15) is 0 Å². The van der Waals surface area contributed by atoms with E-state index >= 15 is 0 Å². The molecule has 27 heavy (non-hydrogen) atoms. The Kier molecular flexibility index (Phi) is 5.79. The summed E-state index contributed by atoms with van der Waals surface area (Å²) in [6.45, 7) is 2.12. The van der Waals surface area contributed by atoms with Gasteiger partial charge in [-0.25, -0.2) is 13.4 Å². The minimum absolute atomic E-state index is 0.124. The molecule has 0 spiro atoms. The molecule has 9 heteroatoms. The molecular weight excluding hydrogens is 406 g/mol. The first kappa shape index (κ1) is 19.3. The van der Waals surface area contributed by atoms with E-state index in [2.05, 4.69) is 15.0 Å². The van der Waals surface area contributed by atoms with Crippen LogP contribution in [0.1, 0.15) is 21.6 Å². The number of anilines is 1. The van der Waals surface area contributed by atoms with Crippen molar-refractivity contribution in [1.29, 1.82) is 0 Å². The second kappa shape index (κ2) is 8.08. The van der Waals surface area contributed by atoms with Gasteiger partial charge in [0.05, 0.1) is 4.90 Å². The predicted molar refractivity (Wildman–Crippen MR) is 107 cm³/mol. The number of thiazole rings is 1. The Labute approximate surface area is 166 Å². The van der Waals surface area contributed by atoms with E-state index < -0.39 is 15.9 Å². The average Bonchev–Trinajstić information content (AvgIpc) is 3.09. The molecule has 0 aliphatic carbocycles. The largest absolute Gasteiger partial charge is 0.347 e. The summed E-state index contributed by atoms with van der Waals surface area (Å²) >= 11 is 7.10. The second-order valence-corrected chi connectivity index (χ2v) is 8.68. The topological polar surface area (TPSA) is 88.2 Å². The SMILES string of the molecule is Cc1ccc(S(=O)(=O)Nc2nc(C(=O)NCc3ccccc3Cl)cs2)cc1. The maximum atomic E-state index is 12.4. The first-order chi connectivity index (χ1) is 12.8. The average molecular weight is 422 g/mol. The molecule has 2 aromatic carbocycles. The van der Waals surface area contributed by atoms with Gasteiger partial charge in [0.15, 0.2) is 5.13 Å². The third kappa shape index (κ3) is 4.85. The summed E-state index contributed by atoms with van der Waals surface area (Å²) in [5.74, 6) is -0.410. The van der Waals surface area contributed by atoms with Crippen molar-refractivity contribution >= 4 is 44.0 Å². The highest BCUT2D eigenvalue weighted by atomic mass is 35.5. The van der Waals surface area contributed by atoms with Gasteiger partial charge in [-0.3, -0.25) is 9.52 Å². The fraction of sp³-hybridized carbons (Fsp3) is 0.111. The third-order valence-electron chi connectivity index (χ3n) is 3.69. The molecule has 0 fully saturated rings. The number of aryl methyl sites for hydroxylation is 1. The maximum absolute atomic E-state index is 12.4. The Morgan fingerprint density at radius 3 is 2.56 bits per heavy atom. The Hall–Kier alpha value is -2.42. The standard InChI is InChI=1S/C18H16ClN3O3S2/c1-12-6-8-14(9-7-12)27(24,25)22-18-21-16(11-26-18)17(23)20-10-13-4-2-3-5-15(13)19/h2-9,11H,10H2,1H3,(H,20,23)(H,21,22). The van der Waals surface area contributed by atoms with E-state index in [9.17, 15) is 13.2 Å². The number of hydrogen-bond acceptors (Lipinski definition) is 5. The smallest absolute Gasteiger partial charge is 0.271 e. The molecule has 140 valence electrons. The number of hydrogen-bond donors (Lipinski definition) is 2. The quantitative estimate of drug-likeness (QED) is 0.633. The molecule has 1 heterocycles. The summed E-state index contributed by atoms with van der Waals surface area (Å²) in [5.41, 5.74) is 1.87. The van der Waals surface area contributed by atoms with Gasteiger partial charge in [0, 0.05) is 16.9 Å². The first-order valence-electron chi connectivity index (χ1n) is 7.92. The number of benzene rings is 2. The van der Waals surface area contributed by atoms with Gasteiger partial charge in [0.1, 0.15) is 5.69 Å². The molecule has 0 radical (unpaired) electrons. The molecule has 0 unspecified atom stereocenters. The van der Waals surface area contributed by atoms with E-state index in [0.29, 0.717) is 5.02 Å². The predicted octanol–water partition coefficient (Wildman–Crippen LogP) is 3.84. The number of nitrogens with one attached hydrogen (secondary N) is 2. The van der Waals surface area contributed by atoms with Crippen LogP contribution in [-0.4, -0.2) is 19.3 Å². The summed E-state index contributed by atoms with van der Waals surface area (Å²) in [5, 5.41) is 4.89. The number of halogens is 1. The molecule has 0 saturated heterocycles. The molecule has 3 rings (SSSR count). The summed E-state index contributed by atoms with van der Waals surface area (Å²) in [6, 6.07) is 13.6. The van der Waals surface area contributed by atoms with Crippen LogP contribution in [-0.2, 0) is 16.6 Å². The Morgan fingerprint density at radius 2 is 1.85 bits per heavy atom. The molecule has 0 saturated carbocycles. The lowest BCUT2D eigenvalue weighted by atomic mass is 10.2. The molecule has 0 aliphatic rings. The normalized spacial score (nSPS) is 11.2. The Bertz CT molecular complexity index is 1060. The third-order valence-corrected chi connectivity index (χ3v) is 6.30. The van der Waals surface area contributed by atoms with Crippen molar-refractivity contribution in [3.05, 3.63) is 75.8 Å². The van der Waals surface area contributed by atoms with Crippen LogP contribution >= 0.6 is 22.9 Å². The van der Waals surface area contributed by atoms with E-state index in [0.717, 1.165) is 22.5 Å². The van der Waals surface area contributed by atoms with Crippen LogP contribution in [0.4, 0.5) is 5.13 Å². The van der Waals surface area contributed by atoms with Gasteiger partial charge in [-0.1, -0.05) is 47.5 Å². The van der Waals surface area contributed by atoms with Gasteiger partial charge in [-0.15, -0.1) is 11.3 Å². The van der Waals surface area contributed by atoms with Crippen LogP contribution in [0.2, 0.25) is 5.02 Å². The molecular formula is C18H16ClN3O3S2. The minimum atomic E-state index is -3.75. The zero-order valence-corrected chi connectivity index (χ0v) is 16.7. The van der Waals surface area contributed by atoms with Crippen molar-refractivity contribution in [2.45, 2.75) is 18.4 Å². The molecule has 6 nitrogen and oxygen atoms in total. The van der Waals surface area contributed by atoms with Gasteiger partial charge in [0.25, 0.3) is 15.9 Å². The van der Waals surface area contributed by atoms with Crippen LogP contribution in [0.5, 0.6) is 0 Å². The minimum Gasteiger partial charge on any atom is -0.347 e. The number of nitrogens with zero attached hydrogens (tertiary/aromatic N) is 1. The number of rotatable bonds is 6. The van der Waals surface area contributed by atoms with E-state index in [1.165, 1.54) is 17.5 Å². The molecule has 2 N–H and O–H groups in total. The highest BCUT2D eigenvalue weighted by Gasteiger charge is 2.18. The summed E-state index contributed by atoms with van der Waals surface area (Å²) in [4.78, 5) is 16.4. The van der Waals surface area contributed by atoms with Crippen LogP contribution in [0.3, 0.4) is 0 Å². The zero-order valence-electron chi connectivity index (χ0n) is 14.3. The van der Waals surface area contributed by atoms with E-state index in [-0.39, 0.29) is 22.3 Å². The zero-order chi connectivity index (χ0) is 19.4. The van der Waals surface area contributed by atoms with Crippen LogP contribution in [0.15, 0.2) is 58.8 Å². The molecule has 1 amide bonds. The maximum Gasteiger partial charge on any atom is 0.271 e. The van der Waals surface area contributed by atoms with Gasteiger partial charge >= 0.3 is 0 Å². The van der Waals surface area contributed by atoms with Crippen molar-refractivity contribution in [2.24, 2.45) is 0 Å². The van der Waals surface area contributed by atoms with Crippen LogP contribution in [0, 0.1) is 6.92 Å². The number of sulfonamides is 1. The van der Waals surface area contributed by atoms with Gasteiger partial charge < -0.3 is 5.32 Å². The molecule has 0 aliphatic heterocycles. The lowest BCUT2D eigenvalue weighted by Crippen LogP contribution is -2.23. The van der Waals surface area contributed by atoms with Crippen LogP contribution < -0.4 is 10.0 Å². The molecule has 1 aromatic heterocycles. The summed E-state index contributed by atoms with van der Waals surface area (Å²) < 4.78 is 27.2. The second-order valence-electron chi connectivity index (χ2n) is 5.73. The monoisotopic (exact) mass is 421 g/mol. The summed E-state index contributed by atoms with van der Waals surface area (Å²) in [7, 11) is -3.75. The van der Waals surface area contributed by atoms with Crippen molar-refractivity contribution in [2.75, 3.05) is 4.72 Å². The molecule has 0 atom stereocenters. The van der Waals surface area contributed by atoms with E-state index in [1.54, 1.807) is 24.3 Å².